The summed E-state index contributed by atoms with van der Waals surface area (Å²) in [4.78, 5) is 3.17. The number of nitriles is 2. The maximum atomic E-state index is 9.46. The number of hydrogen-bond acceptors (Lipinski definition) is 2. The summed E-state index contributed by atoms with van der Waals surface area (Å²) in [5, 5.41) is 18.9. The Morgan fingerprint density at radius 1 is 0.640 bits per heavy atom. The van der Waals surface area contributed by atoms with Gasteiger partial charge in [-0.3, -0.25) is 0 Å². The third kappa shape index (κ3) is 3.93. The van der Waals surface area contributed by atoms with Crippen molar-refractivity contribution in [2.24, 2.45) is 0 Å². The van der Waals surface area contributed by atoms with Gasteiger partial charge in [-0.05, 0) is 35.4 Å². The first kappa shape index (κ1) is 16.1. The first-order chi connectivity index (χ1) is 12.3. The molecule has 0 bridgehead atoms. The Morgan fingerprint density at radius 2 is 1.04 bits per heavy atom. The monoisotopic (exact) mass is 321 g/mol. The van der Waals surface area contributed by atoms with Gasteiger partial charge >= 0.3 is 0 Å². The summed E-state index contributed by atoms with van der Waals surface area (Å²) < 4.78 is 0. The summed E-state index contributed by atoms with van der Waals surface area (Å²) in [5.74, 6) is 0. The number of rotatable bonds is 4. The summed E-state index contributed by atoms with van der Waals surface area (Å²) in [7, 11) is 0. The van der Waals surface area contributed by atoms with E-state index in [2.05, 4.69) is 17.1 Å². The highest BCUT2D eigenvalue weighted by Gasteiger charge is 2.08. The van der Waals surface area contributed by atoms with Gasteiger partial charge in [-0.2, -0.15) is 10.5 Å². The molecule has 0 aliphatic carbocycles. The minimum Gasteiger partial charge on any atom is -0.353 e. The van der Waals surface area contributed by atoms with Gasteiger partial charge in [-0.25, -0.2) is 0 Å². The number of nitrogens with one attached hydrogen (secondary N) is 1. The zero-order chi connectivity index (χ0) is 17.5. The zero-order valence-electron chi connectivity index (χ0n) is 13.5. The van der Waals surface area contributed by atoms with E-state index in [0.29, 0.717) is 22.5 Å². The summed E-state index contributed by atoms with van der Waals surface area (Å²) >= 11 is 0. The Balaban J connectivity index is 1.94. The van der Waals surface area contributed by atoms with Crippen LogP contribution in [0.1, 0.15) is 22.5 Å². The maximum Gasteiger partial charge on any atom is 0.101 e. The van der Waals surface area contributed by atoms with Gasteiger partial charge in [0.2, 0.25) is 0 Å². The van der Waals surface area contributed by atoms with Crippen molar-refractivity contribution >= 4 is 23.3 Å². The first-order valence-corrected chi connectivity index (χ1v) is 7.83. The lowest BCUT2D eigenvalue weighted by atomic mass is 10.1. The largest absolute Gasteiger partial charge is 0.353 e. The van der Waals surface area contributed by atoms with Gasteiger partial charge in [-0.15, -0.1) is 0 Å². The third-order valence-corrected chi connectivity index (χ3v) is 3.73. The lowest BCUT2D eigenvalue weighted by Crippen LogP contribution is -1.86. The van der Waals surface area contributed by atoms with Crippen LogP contribution in [0.5, 0.6) is 0 Å². The lowest BCUT2D eigenvalue weighted by molar-refractivity contribution is 1.32. The summed E-state index contributed by atoms with van der Waals surface area (Å²) in [5.41, 5.74) is 4.33. The number of aromatic nitrogens is 1. The van der Waals surface area contributed by atoms with Gasteiger partial charge < -0.3 is 4.98 Å². The van der Waals surface area contributed by atoms with Crippen molar-refractivity contribution in [3.8, 4) is 12.1 Å². The van der Waals surface area contributed by atoms with Gasteiger partial charge in [0.25, 0.3) is 0 Å². The van der Waals surface area contributed by atoms with Crippen LogP contribution in [0.25, 0.3) is 23.3 Å². The van der Waals surface area contributed by atoms with Crippen LogP contribution in [-0.4, -0.2) is 4.98 Å². The lowest BCUT2D eigenvalue weighted by Gasteiger charge is -1.99. The van der Waals surface area contributed by atoms with Crippen molar-refractivity contribution in [2.45, 2.75) is 0 Å². The van der Waals surface area contributed by atoms with E-state index in [1.54, 1.807) is 0 Å². The van der Waals surface area contributed by atoms with Crippen LogP contribution in [0.3, 0.4) is 0 Å². The molecule has 1 N–H and O–H groups in total. The highest BCUT2D eigenvalue weighted by molar-refractivity contribution is 5.92. The van der Waals surface area contributed by atoms with Gasteiger partial charge in [0, 0.05) is 0 Å². The molecular formula is C22H15N3. The Hall–Kier alpha value is -3.82. The van der Waals surface area contributed by atoms with Crippen molar-refractivity contribution in [3.05, 3.63) is 95.3 Å². The predicted octanol–water partition coefficient (Wildman–Crippen LogP) is 5.14. The van der Waals surface area contributed by atoms with Crippen LogP contribution in [0, 0.1) is 22.7 Å². The Kier molecular flexibility index (Phi) is 4.90. The molecule has 0 aliphatic heterocycles. The molecule has 3 heteroatoms. The second kappa shape index (κ2) is 7.64. The zero-order valence-corrected chi connectivity index (χ0v) is 13.5. The van der Waals surface area contributed by atoms with E-state index < -0.39 is 0 Å². The normalized spacial score (nSPS) is 11.6. The molecule has 0 spiro atoms. The van der Waals surface area contributed by atoms with Crippen molar-refractivity contribution in [2.75, 3.05) is 0 Å². The molecule has 3 rings (SSSR count). The van der Waals surface area contributed by atoms with E-state index in [1.165, 1.54) is 0 Å². The van der Waals surface area contributed by atoms with E-state index >= 15 is 0 Å². The molecular weight excluding hydrogens is 306 g/mol. The molecule has 0 fully saturated rings. The van der Waals surface area contributed by atoms with E-state index in [0.717, 1.165) is 11.1 Å². The SMILES string of the molecule is N#C/C(=C\c1ccccc1)c1ccc(/C(C#N)=C/c2ccccc2)[nH]1. The van der Waals surface area contributed by atoms with E-state index in [4.69, 9.17) is 0 Å². The molecule has 3 aromatic rings. The average Bonchev–Trinajstić information content (AvgIpc) is 3.15. The Bertz CT molecular complexity index is 913. The smallest absolute Gasteiger partial charge is 0.101 e. The fourth-order valence-electron chi connectivity index (χ4n) is 2.48. The molecule has 2 aromatic carbocycles. The molecule has 0 saturated carbocycles. The standard InChI is InChI=1S/C22H15N3/c23-15-19(13-17-7-3-1-4-8-17)21-11-12-22(25-21)20(16-24)14-18-9-5-2-6-10-18/h1-14,25H/b19-13+,20-14+. The molecule has 1 aromatic heterocycles. The molecule has 0 radical (unpaired) electrons. The molecule has 118 valence electrons. The van der Waals surface area contributed by atoms with Gasteiger partial charge in [0.1, 0.15) is 12.1 Å². The number of allylic oxidation sites excluding steroid dienone is 2. The molecule has 0 aliphatic rings. The summed E-state index contributed by atoms with van der Waals surface area (Å²) in [6.45, 7) is 0. The van der Waals surface area contributed by atoms with Crippen LogP contribution in [0.4, 0.5) is 0 Å². The molecule has 0 atom stereocenters. The number of benzene rings is 2. The van der Waals surface area contributed by atoms with Crippen LogP contribution in [0.15, 0.2) is 72.8 Å². The molecule has 3 nitrogen and oxygen atoms in total. The number of hydrogen-bond donors (Lipinski definition) is 1. The summed E-state index contributed by atoms with van der Waals surface area (Å²) in [6.07, 6.45) is 3.64. The minimum absolute atomic E-state index is 0.523. The van der Waals surface area contributed by atoms with Crippen molar-refractivity contribution in [1.82, 2.24) is 4.98 Å². The Labute approximate surface area is 146 Å². The maximum absolute atomic E-state index is 9.46. The van der Waals surface area contributed by atoms with E-state index in [9.17, 15) is 10.5 Å². The van der Waals surface area contributed by atoms with Crippen molar-refractivity contribution in [1.29, 1.82) is 10.5 Å². The number of H-pyrrole nitrogens is 1. The second-order valence-corrected chi connectivity index (χ2v) is 5.45. The van der Waals surface area contributed by atoms with Crippen molar-refractivity contribution < 1.29 is 0 Å². The van der Waals surface area contributed by atoms with Gasteiger partial charge in [0.15, 0.2) is 0 Å². The van der Waals surface area contributed by atoms with Gasteiger partial charge in [0.05, 0.1) is 22.5 Å². The third-order valence-electron chi connectivity index (χ3n) is 3.73. The molecule has 25 heavy (non-hydrogen) atoms. The average molecular weight is 321 g/mol. The molecule has 0 unspecified atom stereocenters. The van der Waals surface area contributed by atoms with Gasteiger partial charge in [-0.1, -0.05) is 60.7 Å². The van der Waals surface area contributed by atoms with E-state index in [1.807, 2.05) is 84.9 Å². The number of nitrogens with zero attached hydrogens (tertiary/aromatic N) is 2. The fraction of sp³-hybridized carbons (Fsp3) is 0. The highest BCUT2D eigenvalue weighted by atomic mass is 14.7. The fourth-order valence-corrected chi connectivity index (χ4v) is 2.48. The van der Waals surface area contributed by atoms with Crippen molar-refractivity contribution in [3.63, 3.8) is 0 Å². The predicted molar refractivity (Wildman–Crippen MR) is 101 cm³/mol. The molecule has 0 saturated heterocycles. The minimum atomic E-state index is 0.523. The Morgan fingerprint density at radius 3 is 1.40 bits per heavy atom. The first-order valence-electron chi connectivity index (χ1n) is 7.83. The quantitative estimate of drug-likeness (QED) is 0.676. The molecule has 0 amide bonds. The number of aromatic amines is 1. The van der Waals surface area contributed by atoms with Crippen LogP contribution in [0.2, 0.25) is 0 Å². The van der Waals surface area contributed by atoms with Crippen LogP contribution >= 0.6 is 0 Å². The molecule has 1 heterocycles. The van der Waals surface area contributed by atoms with E-state index in [-0.39, 0.29) is 0 Å². The van der Waals surface area contributed by atoms with Crippen LogP contribution < -0.4 is 0 Å². The highest BCUT2D eigenvalue weighted by Crippen LogP contribution is 2.22. The van der Waals surface area contributed by atoms with Crippen LogP contribution in [-0.2, 0) is 0 Å². The topological polar surface area (TPSA) is 63.4 Å². The summed E-state index contributed by atoms with van der Waals surface area (Å²) in [6, 6.07) is 27.4. The second-order valence-electron chi connectivity index (χ2n) is 5.45.